The number of halogens is 1. The van der Waals surface area contributed by atoms with Crippen molar-refractivity contribution < 1.29 is 9.63 Å². The number of carbonyl (C=O) groups is 1. The van der Waals surface area contributed by atoms with Crippen LogP contribution in [-0.4, -0.2) is 29.5 Å². The summed E-state index contributed by atoms with van der Waals surface area (Å²) in [5.41, 5.74) is 5.86. The van der Waals surface area contributed by atoms with Gasteiger partial charge in [-0.2, -0.15) is 0 Å². The zero-order chi connectivity index (χ0) is 18.7. The van der Waals surface area contributed by atoms with Gasteiger partial charge in [-0.05, 0) is 29.3 Å². The molecule has 4 rings (SSSR count). The van der Waals surface area contributed by atoms with Crippen molar-refractivity contribution in [2.45, 2.75) is 18.4 Å². The summed E-state index contributed by atoms with van der Waals surface area (Å²) < 4.78 is 0.982. The molecule has 0 bridgehead atoms. The fraction of sp³-hybridized carbons (Fsp3) is 0.227. The first-order chi connectivity index (χ1) is 13.2. The maximum atomic E-state index is 12.5. The standard InChI is InChI=1S/C22H21BrN2O2/c23-19-9-5-4-6-17(19)10-11-21(26)25-14-12-22(13-15-25)16-20(24-27-22)18-7-2-1-3-8-18/h1-11,16,24H,12-15H2. The number of nitrogens with one attached hydrogen (secondary N) is 1. The maximum Gasteiger partial charge on any atom is 0.246 e. The number of amides is 1. The third-order valence-corrected chi connectivity index (χ3v) is 5.81. The highest BCUT2D eigenvalue weighted by Crippen LogP contribution is 2.34. The van der Waals surface area contributed by atoms with Crippen LogP contribution in [0.5, 0.6) is 0 Å². The molecule has 27 heavy (non-hydrogen) atoms. The molecule has 5 heteroatoms. The molecule has 2 aromatic rings. The Labute approximate surface area is 167 Å². The summed E-state index contributed by atoms with van der Waals surface area (Å²) in [6, 6.07) is 18.0. The van der Waals surface area contributed by atoms with Gasteiger partial charge in [0, 0.05) is 36.5 Å². The van der Waals surface area contributed by atoms with Crippen molar-refractivity contribution in [2.75, 3.05) is 13.1 Å². The van der Waals surface area contributed by atoms with Gasteiger partial charge in [-0.15, -0.1) is 0 Å². The molecule has 138 valence electrons. The Hall–Kier alpha value is -2.37. The molecule has 0 saturated carbocycles. The SMILES string of the molecule is O=C(C=Cc1ccccc1Br)N1CCC2(C=C(c3ccccc3)NO2)CC1. The highest BCUT2D eigenvalue weighted by atomic mass is 79.9. The molecule has 4 nitrogen and oxygen atoms in total. The summed E-state index contributed by atoms with van der Waals surface area (Å²) in [5, 5.41) is 0. The third-order valence-electron chi connectivity index (χ3n) is 5.09. The van der Waals surface area contributed by atoms with Gasteiger partial charge in [0.1, 0.15) is 5.60 Å². The zero-order valence-electron chi connectivity index (χ0n) is 14.9. The highest BCUT2D eigenvalue weighted by molar-refractivity contribution is 9.10. The minimum absolute atomic E-state index is 0.0406. The number of hydrogen-bond donors (Lipinski definition) is 1. The predicted molar refractivity (Wildman–Crippen MR) is 110 cm³/mol. The van der Waals surface area contributed by atoms with Crippen molar-refractivity contribution in [3.63, 3.8) is 0 Å². The largest absolute Gasteiger partial charge is 0.339 e. The monoisotopic (exact) mass is 424 g/mol. The molecule has 1 spiro atoms. The van der Waals surface area contributed by atoms with Crippen molar-refractivity contribution in [1.82, 2.24) is 10.4 Å². The van der Waals surface area contributed by atoms with E-state index in [-0.39, 0.29) is 11.5 Å². The van der Waals surface area contributed by atoms with Crippen LogP contribution >= 0.6 is 15.9 Å². The summed E-state index contributed by atoms with van der Waals surface area (Å²) in [6.07, 6.45) is 7.24. The lowest BCUT2D eigenvalue weighted by atomic mass is 9.90. The smallest absolute Gasteiger partial charge is 0.246 e. The van der Waals surface area contributed by atoms with Gasteiger partial charge < -0.3 is 4.90 Å². The summed E-state index contributed by atoms with van der Waals surface area (Å²) in [7, 11) is 0. The van der Waals surface area contributed by atoms with E-state index in [4.69, 9.17) is 4.84 Å². The van der Waals surface area contributed by atoms with E-state index in [9.17, 15) is 4.79 Å². The summed E-state index contributed by atoms with van der Waals surface area (Å²) in [4.78, 5) is 20.3. The van der Waals surface area contributed by atoms with Gasteiger partial charge in [0.15, 0.2) is 0 Å². The number of hydrogen-bond acceptors (Lipinski definition) is 3. The fourth-order valence-corrected chi connectivity index (χ4v) is 3.88. The van der Waals surface area contributed by atoms with E-state index in [0.717, 1.165) is 34.1 Å². The van der Waals surface area contributed by atoms with Gasteiger partial charge in [-0.1, -0.05) is 64.5 Å². The Morgan fingerprint density at radius 1 is 1.07 bits per heavy atom. The summed E-state index contributed by atoms with van der Waals surface area (Å²) in [6.45, 7) is 1.36. The van der Waals surface area contributed by atoms with Crippen LogP contribution in [0.25, 0.3) is 11.8 Å². The number of likely N-dealkylation sites (tertiary alicyclic amines) is 1. The average molecular weight is 425 g/mol. The Morgan fingerprint density at radius 2 is 1.78 bits per heavy atom. The Kier molecular flexibility index (Phi) is 5.14. The molecular formula is C22H21BrN2O2. The van der Waals surface area contributed by atoms with Crippen molar-refractivity contribution in [3.8, 4) is 0 Å². The van der Waals surface area contributed by atoms with Gasteiger partial charge >= 0.3 is 0 Å². The Bertz CT molecular complexity index is 884. The minimum Gasteiger partial charge on any atom is -0.339 e. The number of benzene rings is 2. The molecule has 1 fully saturated rings. The minimum atomic E-state index is -0.325. The molecule has 1 N–H and O–H groups in total. The molecular weight excluding hydrogens is 404 g/mol. The van der Waals surface area contributed by atoms with Crippen molar-refractivity contribution in [2.24, 2.45) is 0 Å². The number of rotatable bonds is 3. The van der Waals surface area contributed by atoms with Crippen LogP contribution < -0.4 is 5.48 Å². The van der Waals surface area contributed by atoms with Gasteiger partial charge in [0.05, 0.1) is 5.70 Å². The van der Waals surface area contributed by atoms with E-state index in [2.05, 4.69) is 39.6 Å². The van der Waals surface area contributed by atoms with Crippen LogP contribution in [0.1, 0.15) is 24.0 Å². The number of piperidine rings is 1. The van der Waals surface area contributed by atoms with Crippen molar-refractivity contribution in [1.29, 1.82) is 0 Å². The van der Waals surface area contributed by atoms with E-state index < -0.39 is 0 Å². The van der Waals surface area contributed by atoms with E-state index in [1.807, 2.05) is 53.4 Å². The second-order valence-corrected chi connectivity index (χ2v) is 7.73. The van der Waals surface area contributed by atoms with Crippen LogP contribution in [0.2, 0.25) is 0 Å². The number of nitrogens with zero attached hydrogens (tertiary/aromatic N) is 1. The van der Waals surface area contributed by atoms with Crippen LogP contribution in [0.15, 0.2) is 71.2 Å². The lowest BCUT2D eigenvalue weighted by Crippen LogP contribution is -2.46. The molecule has 0 radical (unpaired) electrons. The first-order valence-corrected chi connectivity index (χ1v) is 9.88. The molecule has 2 aliphatic rings. The number of hydroxylamine groups is 1. The predicted octanol–water partition coefficient (Wildman–Crippen LogP) is 4.40. The van der Waals surface area contributed by atoms with Crippen LogP contribution in [0.3, 0.4) is 0 Å². The highest BCUT2D eigenvalue weighted by Gasteiger charge is 2.39. The zero-order valence-corrected chi connectivity index (χ0v) is 16.5. The molecule has 0 atom stereocenters. The third kappa shape index (κ3) is 3.99. The molecule has 2 heterocycles. The van der Waals surface area contributed by atoms with Crippen molar-refractivity contribution >= 4 is 33.6 Å². The van der Waals surface area contributed by atoms with E-state index in [1.165, 1.54) is 0 Å². The van der Waals surface area contributed by atoms with E-state index in [1.54, 1.807) is 6.08 Å². The lowest BCUT2D eigenvalue weighted by Gasteiger charge is -2.36. The molecule has 1 saturated heterocycles. The van der Waals surface area contributed by atoms with E-state index in [0.29, 0.717) is 13.1 Å². The summed E-state index contributed by atoms with van der Waals surface area (Å²) in [5.74, 6) is 0.0406. The number of carbonyl (C=O) groups excluding carboxylic acids is 1. The summed E-state index contributed by atoms with van der Waals surface area (Å²) >= 11 is 3.50. The van der Waals surface area contributed by atoms with Gasteiger partial charge in [0.2, 0.25) is 5.91 Å². The first kappa shape index (κ1) is 18.0. The quantitative estimate of drug-likeness (QED) is 0.742. The topological polar surface area (TPSA) is 41.6 Å². The molecule has 0 unspecified atom stereocenters. The van der Waals surface area contributed by atoms with Gasteiger partial charge in [-0.3, -0.25) is 15.1 Å². The second kappa shape index (κ2) is 7.71. The first-order valence-electron chi connectivity index (χ1n) is 9.09. The second-order valence-electron chi connectivity index (χ2n) is 6.87. The maximum absolute atomic E-state index is 12.5. The normalized spacial score (nSPS) is 18.6. The Morgan fingerprint density at radius 3 is 2.52 bits per heavy atom. The van der Waals surface area contributed by atoms with Crippen molar-refractivity contribution in [3.05, 3.63) is 82.3 Å². The average Bonchev–Trinajstić information content (AvgIpc) is 3.12. The molecule has 0 aliphatic carbocycles. The van der Waals surface area contributed by atoms with Crippen LogP contribution in [0, 0.1) is 0 Å². The Balaban J connectivity index is 1.38. The van der Waals surface area contributed by atoms with Gasteiger partial charge in [-0.25, -0.2) is 0 Å². The van der Waals surface area contributed by atoms with Gasteiger partial charge in [0.25, 0.3) is 0 Å². The molecule has 1 amide bonds. The van der Waals surface area contributed by atoms with E-state index >= 15 is 0 Å². The molecule has 2 aromatic carbocycles. The molecule has 0 aromatic heterocycles. The van der Waals surface area contributed by atoms with Crippen LogP contribution in [0.4, 0.5) is 0 Å². The fourth-order valence-electron chi connectivity index (χ4n) is 3.47. The lowest BCUT2D eigenvalue weighted by molar-refractivity contribution is -0.131. The molecule has 2 aliphatic heterocycles. The van der Waals surface area contributed by atoms with Crippen LogP contribution in [-0.2, 0) is 9.63 Å².